The smallest absolute Gasteiger partial charge is 0.231 e. The molecule has 75 heavy (non-hydrogen) atoms. The molecule has 12 nitrogen and oxygen atoms in total. The van der Waals surface area contributed by atoms with Crippen LogP contribution in [0.1, 0.15) is 123 Å². The zero-order valence-corrected chi connectivity index (χ0v) is 45.0. The topological polar surface area (TPSA) is 143 Å². The summed E-state index contributed by atoms with van der Waals surface area (Å²) >= 11 is 5.27. The fraction of sp³-hybridized carbons (Fsp3) is 0.508. The van der Waals surface area contributed by atoms with Crippen molar-refractivity contribution < 1.29 is 53.6 Å². The van der Waals surface area contributed by atoms with Crippen molar-refractivity contribution in [2.24, 2.45) is 0 Å². The van der Waals surface area contributed by atoms with Crippen molar-refractivity contribution in [2.75, 3.05) is 60.2 Å². The van der Waals surface area contributed by atoms with Gasteiger partial charge in [0, 0.05) is 71.8 Å². The summed E-state index contributed by atoms with van der Waals surface area (Å²) in [5.41, 5.74) is 7.94. The van der Waals surface area contributed by atoms with Gasteiger partial charge in [-0.3, -0.25) is 14.0 Å². The van der Waals surface area contributed by atoms with Crippen molar-refractivity contribution in [3.63, 3.8) is 0 Å². The molecular formula is C61H78ClFN2O10. The number of ketones is 2. The van der Waals surface area contributed by atoms with Crippen LogP contribution in [0.4, 0.5) is 4.39 Å². The van der Waals surface area contributed by atoms with Crippen LogP contribution in [-0.2, 0) is 64.8 Å². The molecule has 12 rings (SSSR count). The summed E-state index contributed by atoms with van der Waals surface area (Å²) in [7, 11) is 2.10. The van der Waals surface area contributed by atoms with Crippen molar-refractivity contribution in [3.8, 4) is 23.0 Å². The molecule has 3 atom stereocenters. The number of aromatic nitrogens is 2. The number of methoxy groups -OCH3 is 1. The molecule has 4 aromatic carbocycles. The van der Waals surface area contributed by atoms with E-state index in [1.54, 1.807) is 7.11 Å². The molecule has 0 bridgehead atoms. The van der Waals surface area contributed by atoms with E-state index >= 15 is 0 Å². The standard InChI is InChI=1S/C28H33NO5.C24H25NO3.C4H8O.C3H5ClO.CH3F.CH4/c1-27(2,3)25-13-19-11-18(5-7-22(19)29(25)15-21(30)16-32-4)12-26(31)28(9-10-28)20-6-8-23-24(14-20)34-17-33-23;1-23(2,3)21-12-16-10-15(4-6-18(16)25-21)11-22(26)24(8-9-24)17-5-7-19-20(13-17)28-14-27-19;1-2-4-5-3-1;4-1-3-2-5-3;1-2;/h5-8,11,13-14,21,30H,9-10,12,15-17H2,1-4H3;4-7,10,12-13,25H,8-9,11,14H2,1-3H3;1-4H2;3H,1-2H2;1H3;1H4/i;;3D;;;. The van der Waals surface area contributed by atoms with Gasteiger partial charge >= 0.3 is 0 Å². The molecule has 406 valence electrons. The summed E-state index contributed by atoms with van der Waals surface area (Å²) < 4.78 is 55.1. The average Bonchev–Trinajstić information content (AvgIpc) is 4.32. The number of ether oxygens (including phenoxy) is 7. The van der Waals surface area contributed by atoms with E-state index in [1.807, 2.05) is 42.5 Å². The first-order valence-corrected chi connectivity index (χ1v) is 26.3. The van der Waals surface area contributed by atoms with Crippen LogP contribution in [0.15, 0.2) is 84.9 Å². The summed E-state index contributed by atoms with van der Waals surface area (Å²) in [5.74, 6) is 4.19. The molecule has 6 aliphatic rings. The lowest BCUT2D eigenvalue weighted by atomic mass is 9.87. The highest BCUT2D eigenvalue weighted by Gasteiger charge is 2.52. The molecule has 6 heterocycles. The Morgan fingerprint density at radius 3 is 1.76 bits per heavy atom. The van der Waals surface area contributed by atoms with E-state index in [1.165, 1.54) is 11.1 Å². The molecule has 2 aromatic heterocycles. The number of halogens is 2. The average molecular weight is 1050 g/mol. The minimum absolute atomic E-state index is 0. The van der Waals surface area contributed by atoms with Crippen LogP contribution in [0.5, 0.6) is 23.0 Å². The van der Waals surface area contributed by atoms with Gasteiger partial charge in [0.15, 0.2) is 23.0 Å². The lowest BCUT2D eigenvalue weighted by Crippen LogP contribution is -2.25. The third-order valence-electron chi connectivity index (χ3n) is 14.4. The van der Waals surface area contributed by atoms with E-state index in [2.05, 4.69) is 93.6 Å². The number of rotatable bonds is 13. The highest BCUT2D eigenvalue weighted by atomic mass is 35.5. The number of aliphatic hydroxyl groups excluding tert-OH is 1. The fourth-order valence-electron chi connectivity index (χ4n) is 9.78. The number of carbonyl (C=O) groups is 2. The molecule has 4 fully saturated rings. The van der Waals surface area contributed by atoms with Crippen LogP contribution < -0.4 is 18.9 Å². The molecule has 3 unspecified atom stereocenters. The molecule has 2 N–H and O–H groups in total. The summed E-state index contributed by atoms with van der Waals surface area (Å²) in [4.78, 5) is 30.2. The van der Waals surface area contributed by atoms with Gasteiger partial charge in [0.2, 0.25) is 13.6 Å². The van der Waals surface area contributed by atoms with Crippen LogP contribution in [0.3, 0.4) is 0 Å². The Morgan fingerprint density at radius 2 is 1.32 bits per heavy atom. The minimum Gasteiger partial charge on any atom is -0.454 e. The number of carbonyl (C=O) groups excluding carboxylic acids is 2. The predicted octanol–water partition coefficient (Wildman–Crippen LogP) is 12.2. The highest BCUT2D eigenvalue weighted by molar-refractivity contribution is 6.18. The van der Waals surface area contributed by atoms with E-state index in [4.69, 9.17) is 46.1 Å². The summed E-state index contributed by atoms with van der Waals surface area (Å²) in [6.07, 6.45) is 6.24. The van der Waals surface area contributed by atoms with E-state index < -0.39 is 11.5 Å². The largest absolute Gasteiger partial charge is 0.454 e. The zero-order chi connectivity index (χ0) is 53.7. The summed E-state index contributed by atoms with van der Waals surface area (Å²) in [5, 5.41) is 12.7. The number of hydrogen-bond acceptors (Lipinski definition) is 10. The Labute approximate surface area is 448 Å². The monoisotopic (exact) mass is 1050 g/mol. The maximum absolute atomic E-state index is 13.5. The van der Waals surface area contributed by atoms with Gasteiger partial charge in [-0.25, -0.2) is 0 Å². The van der Waals surface area contributed by atoms with Gasteiger partial charge in [0.05, 0.1) is 57.2 Å². The van der Waals surface area contributed by atoms with Gasteiger partial charge in [-0.15, -0.1) is 11.6 Å². The summed E-state index contributed by atoms with van der Waals surface area (Å²) in [6.45, 7) is 15.8. The normalized spacial score (nSPS) is 19.3. The molecule has 2 saturated heterocycles. The van der Waals surface area contributed by atoms with Crippen molar-refractivity contribution in [1.29, 1.82) is 0 Å². The predicted molar refractivity (Wildman–Crippen MR) is 294 cm³/mol. The van der Waals surface area contributed by atoms with Crippen molar-refractivity contribution in [2.45, 2.75) is 141 Å². The van der Waals surface area contributed by atoms with Gasteiger partial charge in [0.1, 0.15) is 11.6 Å². The van der Waals surface area contributed by atoms with Crippen molar-refractivity contribution in [1.82, 2.24) is 9.55 Å². The Hall–Kier alpha value is -5.44. The number of fused-ring (bicyclic) bond motifs is 4. The second-order valence-corrected chi connectivity index (χ2v) is 22.3. The number of Topliss-reactive ketones (excluding diaryl/α,β-unsaturated/α-hetero) is 2. The van der Waals surface area contributed by atoms with E-state index in [0.29, 0.717) is 38.5 Å². The number of epoxide rings is 1. The fourth-order valence-corrected chi connectivity index (χ4v) is 9.96. The SMILES string of the molecule is C.CC(C)(C)c1cc2cc(CC(=O)C3(c4ccc5c(c4)OCO5)CC3)ccc2[nH]1.CF.COCC(O)Cn1c(C(C)(C)C)cc2cc(CC(=O)C3(c4ccc5c(c4)OCO5)CC3)ccc21.ClCC1CO1.[2H]C1CCCO1. The number of aliphatic hydroxyl groups is 1. The Kier molecular flexibility index (Phi) is 18.0. The quantitative estimate of drug-likeness (QED) is 0.0847. The molecular weight excluding hydrogens is 975 g/mol. The lowest BCUT2D eigenvalue weighted by molar-refractivity contribution is -0.121. The second-order valence-electron chi connectivity index (χ2n) is 22.0. The number of alkyl halides is 2. The zero-order valence-electron chi connectivity index (χ0n) is 45.2. The number of nitrogens with zero attached hydrogens (tertiary/aromatic N) is 1. The van der Waals surface area contributed by atoms with Gasteiger partial charge in [-0.2, -0.15) is 0 Å². The number of benzene rings is 4. The maximum atomic E-state index is 13.5. The summed E-state index contributed by atoms with van der Waals surface area (Å²) in [6, 6.07) is 28.7. The third kappa shape index (κ3) is 13.6. The van der Waals surface area contributed by atoms with Gasteiger partial charge in [0.25, 0.3) is 0 Å². The lowest BCUT2D eigenvalue weighted by Gasteiger charge is -2.23. The number of aromatic amines is 1. The molecule has 4 aliphatic heterocycles. The van der Waals surface area contributed by atoms with Crippen molar-refractivity contribution in [3.05, 3.63) is 119 Å². The number of hydrogen-bond donors (Lipinski definition) is 2. The first-order valence-electron chi connectivity index (χ1n) is 26.3. The maximum Gasteiger partial charge on any atom is 0.231 e. The Morgan fingerprint density at radius 1 is 0.773 bits per heavy atom. The Bertz CT molecular complexity index is 2940. The first kappa shape index (κ1) is 55.8. The first-order chi connectivity index (χ1) is 35.9. The van der Waals surface area contributed by atoms with Crippen LogP contribution in [0, 0.1) is 0 Å². The van der Waals surface area contributed by atoms with Gasteiger partial charge < -0.3 is 47.8 Å². The van der Waals surface area contributed by atoms with Crippen LogP contribution in [0.2, 0.25) is 0 Å². The molecule has 6 aromatic rings. The third-order valence-corrected chi connectivity index (χ3v) is 14.7. The van der Waals surface area contributed by atoms with Gasteiger partial charge in [-0.05, 0) is 127 Å². The van der Waals surface area contributed by atoms with E-state index in [-0.39, 0.29) is 62.0 Å². The van der Waals surface area contributed by atoms with Crippen LogP contribution in [0.25, 0.3) is 21.8 Å². The van der Waals surface area contributed by atoms with Gasteiger partial charge in [-0.1, -0.05) is 73.2 Å². The highest BCUT2D eigenvalue weighted by Crippen LogP contribution is 2.53. The van der Waals surface area contributed by atoms with Crippen LogP contribution in [-0.4, -0.2) is 98.6 Å². The number of H-pyrrole nitrogens is 1. The molecule has 0 spiro atoms. The van der Waals surface area contributed by atoms with Crippen molar-refractivity contribution >= 4 is 45.0 Å². The minimum atomic E-state index is -0.584. The molecule has 0 radical (unpaired) electrons. The molecule has 2 aliphatic carbocycles. The molecule has 0 amide bonds. The Balaban J connectivity index is 0.000000178. The second kappa shape index (κ2) is 24.3. The molecule has 2 saturated carbocycles. The van der Waals surface area contributed by atoms with E-state index in [0.717, 1.165) is 119 Å². The van der Waals surface area contributed by atoms with Crippen LogP contribution >= 0.6 is 11.6 Å². The van der Waals surface area contributed by atoms with E-state index in [9.17, 15) is 19.1 Å². The molecule has 14 heteroatoms. The number of nitrogens with one attached hydrogen (secondary N) is 1.